The first-order chi connectivity index (χ1) is 6.86. The number of carbonyl (C=O) groups excluding carboxylic acids is 1. The SMILES string of the molecule is O=C(NC1C2CNCC21)c1ccon1. The lowest BCUT2D eigenvalue weighted by Gasteiger charge is -2.04. The van der Waals surface area contributed by atoms with Crippen LogP contribution in [0, 0.1) is 11.8 Å². The summed E-state index contributed by atoms with van der Waals surface area (Å²) in [7, 11) is 0. The van der Waals surface area contributed by atoms with E-state index in [0.29, 0.717) is 23.6 Å². The largest absolute Gasteiger partial charge is 0.364 e. The lowest BCUT2D eigenvalue weighted by Crippen LogP contribution is -2.32. The van der Waals surface area contributed by atoms with Crippen LogP contribution in [0.3, 0.4) is 0 Å². The molecule has 1 aromatic rings. The molecular formula is C9H11N3O2. The standard InChI is InChI=1S/C9H11N3O2/c13-9(7-1-2-14-12-7)11-8-5-3-10-4-6(5)8/h1-2,5-6,8,10H,3-4H2,(H,11,13). The Bertz CT molecular complexity index is 339. The summed E-state index contributed by atoms with van der Waals surface area (Å²) in [5, 5.41) is 9.82. The third-order valence-corrected chi connectivity index (χ3v) is 3.06. The van der Waals surface area contributed by atoms with Gasteiger partial charge in [0.1, 0.15) is 6.26 Å². The topological polar surface area (TPSA) is 67.2 Å². The Hall–Kier alpha value is -1.36. The molecule has 1 aliphatic carbocycles. The number of aromatic nitrogens is 1. The molecule has 5 nitrogen and oxygen atoms in total. The van der Waals surface area contributed by atoms with E-state index in [2.05, 4.69) is 20.3 Å². The van der Waals surface area contributed by atoms with Crippen LogP contribution in [0.4, 0.5) is 0 Å². The smallest absolute Gasteiger partial charge is 0.273 e. The average molecular weight is 193 g/mol. The Labute approximate surface area is 80.8 Å². The molecule has 5 heteroatoms. The molecule has 2 atom stereocenters. The fraction of sp³-hybridized carbons (Fsp3) is 0.556. The fourth-order valence-corrected chi connectivity index (χ4v) is 2.19. The maximum Gasteiger partial charge on any atom is 0.273 e. The van der Waals surface area contributed by atoms with Crippen LogP contribution in [-0.2, 0) is 0 Å². The number of piperidine rings is 1. The van der Waals surface area contributed by atoms with Crippen molar-refractivity contribution in [3.63, 3.8) is 0 Å². The highest BCUT2D eigenvalue weighted by Gasteiger charge is 2.53. The molecular weight excluding hydrogens is 182 g/mol. The van der Waals surface area contributed by atoms with Gasteiger partial charge in [-0.25, -0.2) is 0 Å². The zero-order valence-electron chi connectivity index (χ0n) is 7.56. The summed E-state index contributed by atoms with van der Waals surface area (Å²) < 4.78 is 4.61. The molecule has 14 heavy (non-hydrogen) atoms. The number of hydrogen-bond acceptors (Lipinski definition) is 4. The Morgan fingerprint density at radius 2 is 2.36 bits per heavy atom. The quantitative estimate of drug-likeness (QED) is 0.672. The van der Waals surface area contributed by atoms with E-state index in [0.717, 1.165) is 13.1 Å². The number of rotatable bonds is 2. The molecule has 3 rings (SSSR count). The molecule has 1 saturated heterocycles. The first kappa shape index (κ1) is 7.99. The number of hydrogen-bond donors (Lipinski definition) is 2. The van der Waals surface area contributed by atoms with E-state index in [4.69, 9.17) is 0 Å². The summed E-state index contributed by atoms with van der Waals surface area (Å²) in [4.78, 5) is 11.5. The minimum Gasteiger partial charge on any atom is -0.364 e. The Kier molecular flexibility index (Phi) is 1.61. The van der Waals surface area contributed by atoms with Gasteiger partial charge in [0.25, 0.3) is 5.91 Å². The van der Waals surface area contributed by atoms with Crippen molar-refractivity contribution in [1.82, 2.24) is 15.8 Å². The first-order valence-electron chi connectivity index (χ1n) is 4.78. The predicted octanol–water partition coefficient (Wildman–Crippen LogP) is -0.378. The van der Waals surface area contributed by atoms with E-state index in [9.17, 15) is 4.79 Å². The predicted molar refractivity (Wildman–Crippen MR) is 47.6 cm³/mol. The normalized spacial score (nSPS) is 33.9. The molecule has 0 aromatic carbocycles. The van der Waals surface area contributed by atoms with E-state index in [1.807, 2.05) is 0 Å². The second-order valence-corrected chi connectivity index (χ2v) is 3.87. The molecule has 1 aromatic heterocycles. The Balaban J connectivity index is 1.61. The van der Waals surface area contributed by atoms with Gasteiger partial charge in [0.2, 0.25) is 0 Å². The van der Waals surface area contributed by atoms with Gasteiger partial charge in [-0.05, 0) is 11.8 Å². The molecule has 2 heterocycles. The fourth-order valence-electron chi connectivity index (χ4n) is 2.19. The molecule has 1 saturated carbocycles. The van der Waals surface area contributed by atoms with Crippen LogP contribution in [0.1, 0.15) is 10.5 Å². The molecule has 1 aliphatic heterocycles. The molecule has 2 N–H and O–H groups in total. The molecule has 2 fully saturated rings. The number of nitrogens with zero attached hydrogens (tertiary/aromatic N) is 1. The molecule has 0 radical (unpaired) electrons. The second kappa shape index (κ2) is 2.81. The highest BCUT2D eigenvalue weighted by molar-refractivity contribution is 5.92. The van der Waals surface area contributed by atoms with Crippen molar-refractivity contribution in [2.24, 2.45) is 11.8 Å². The van der Waals surface area contributed by atoms with E-state index in [1.165, 1.54) is 6.26 Å². The minimum absolute atomic E-state index is 0.127. The van der Waals surface area contributed by atoms with Crippen molar-refractivity contribution < 1.29 is 9.32 Å². The van der Waals surface area contributed by atoms with Gasteiger partial charge in [-0.15, -0.1) is 0 Å². The number of fused-ring (bicyclic) bond motifs is 1. The van der Waals surface area contributed by atoms with E-state index >= 15 is 0 Å². The molecule has 0 bridgehead atoms. The van der Waals surface area contributed by atoms with Gasteiger partial charge >= 0.3 is 0 Å². The highest BCUT2D eigenvalue weighted by atomic mass is 16.5. The van der Waals surface area contributed by atoms with Crippen LogP contribution >= 0.6 is 0 Å². The minimum atomic E-state index is -0.127. The maximum absolute atomic E-state index is 11.5. The zero-order valence-corrected chi connectivity index (χ0v) is 7.56. The summed E-state index contributed by atoms with van der Waals surface area (Å²) in [6.45, 7) is 2.04. The van der Waals surface area contributed by atoms with Crippen molar-refractivity contribution in [3.05, 3.63) is 18.0 Å². The van der Waals surface area contributed by atoms with Crippen LogP contribution in [0.2, 0.25) is 0 Å². The molecule has 2 unspecified atom stereocenters. The Morgan fingerprint density at radius 3 is 3.00 bits per heavy atom. The zero-order chi connectivity index (χ0) is 9.54. The number of nitrogens with one attached hydrogen (secondary N) is 2. The monoisotopic (exact) mass is 193 g/mol. The lowest BCUT2D eigenvalue weighted by atomic mass is 10.3. The van der Waals surface area contributed by atoms with Crippen LogP contribution in [0.25, 0.3) is 0 Å². The third-order valence-electron chi connectivity index (χ3n) is 3.06. The van der Waals surface area contributed by atoms with Gasteiger partial charge in [-0.1, -0.05) is 5.16 Å². The van der Waals surface area contributed by atoms with Crippen molar-refractivity contribution in [1.29, 1.82) is 0 Å². The number of amides is 1. The van der Waals surface area contributed by atoms with Crippen LogP contribution in [-0.4, -0.2) is 30.2 Å². The summed E-state index contributed by atoms with van der Waals surface area (Å²) >= 11 is 0. The Morgan fingerprint density at radius 1 is 1.57 bits per heavy atom. The second-order valence-electron chi connectivity index (χ2n) is 3.87. The van der Waals surface area contributed by atoms with Crippen molar-refractivity contribution in [2.75, 3.05) is 13.1 Å². The summed E-state index contributed by atoms with van der Waals surface area (Å²) in [5.41, 5.74) is 0.364. The van der Waals surface area contributed by atoms with Gasteiger partial charge in [-0.3, -0.25) is 4.79 Å². The van der Waals surface area contributed by atoms with E-state index < -0.39 is 0 Å². The van der Waals surface area contributed by atoms with Crippen LogP contribution in [0.5, 0.6) is 0 Å². The summed E-state index contributed by atoms with van der Waals surface area (Å²) in [5.74, 6) is 1.13. The molecule has 1 amide bonds. The van der Waals surface area contributed by atoms with E-state index in [-0.39, 0.29) is 5.91 Å². The van der Waals surface area contributed by atoms with Crippen LogP contribution in [0.15, 0.2) is 16.9 Å². The van der Waals surface area contributed by atoms with Gasteiger partial charge in [0, 0.05) is 25.2 Å². The van der Waals surface area contributed by atoms with Crippen molar-refractivity contribution in [3.8, 4) is 0 Å². The average Bonchev–Trinajstić information content (AvgIpc) is 2.75. The van der Waals surface area contributed by atoms with Crippen LogP contribution < -0.4 is 10.6 Å². The molecule has 0 spiro atoms. The van der Waals surface area contributed by atoms with Gasteiger partial charge in [0.15, 0.2) is 5.69 Å². The van der Waals surface area contributed by atoms with Gasteiger partial charge in [-0.2, -0.15) is 0 Å². The van der Waals surface area contributed by atoms with Crippen molar-refractivity contribution >= 4 is 5.91 Å². The van der Waals surface area contributed by atoms with Crippen molar-refractivity contribution in [2.45, 2.75) is 6.04 Å². The summed E-state index contributed by atoms with van der Waals surface area (Å²) in [6.07, 6.45) is 1.41. The van der Waals surface area contributed by atoms with E-state index in [1.54, 1.807) is 6.07 Å². The van der Waals surface area contributed by atoms with Gasteiger partial charge < -0.3 is 15.2 Å². The summed E-state index contributed by atoms with van der Waals surface area (Å²) in [6, 6.07) is 1.92. The highest BCUT2D eigenvalue weighted by Crippen LogP contribution is 2.41. The lowest BCUT2D eigenvalue weighted by molar-refractivity contribution is 0.0937. The maximum atomic E-state index is 11.5. The first-order valence-corrected chi connectivity index (χ1v) is 4.78. The molecule has 2 aliphatic rings. The third kappa shape index (κ3) is 1.13. The molecule has 74 valence electrons. The van der Waals surface area contributed by atoms with Gasteiger partial charge in [0.05, 0.1) is 0 Å². The number of carbonyl (C=O) groups is 1.